The lowest BCUT2D eigenvalue weighted by Gasteiger charge is -2.11. The van der Waals surface area contributed by atoms with Gasteiger partial charge in [0.25, 0.3) is 0 Å². The third-order valence-electron chi connectivity index (χ3n) is 3.60. The summed E-state index contributed by atoms with van der Waals surface area (Å²) < 4.78 is 35.0. The Morgan fingerprint density at radius 1 is 1.08 bits per heavy atom. The highest BCUT2D eigenvalue weighted by Gasteiger charge is 2.11. The predicted molar refractivity (Wildman–Crippen MR) is 97.2 cm³/mol. The maximum Gasteiger partial charge on any atom is 0.157 e. The second kappa shape index (κ2) is 7.34. The zero-order valence-electron chi connectivity index (χ0n) is 12.4. The average molecular weight is 406 g/mol. The molecule has 0 spiro atoms. The van der Waals surface area contributed by atoms with Gasteiger partial charge in [0.05, 0.1) is 5.75 Å². The van der Waals surface area contributed by atoms with E-state index in [2.05, 4.69) is 20.9 Å². The van der Waals surface area contributed by atoms with Gasteiger partial charge in [-0.15, -0.1) is 0 Å². The fourth-order valence-electron chi connectivity index (χ4n) is 2.50. The van der Waals surface area contributed by atoms with Gasteiger partial charge in [-0.1, -0.05) is 40.2 Å². The lowest BCUT2D eigenvalue weighted by Crippen LogP contribution is -1.97. The second-order valence-corrected chi connectivity index (χ2v) is 7.05. The first-order valence-corrected chi connectivity index (χ1v) is 9.17. The summed E-state index contributed by atoms with van der Waals surface area (Å²) in [5, 5.41) is 0. The zero-order chi connectivity index (χ0) is 17.1. The Labute approximate surface area is 150 Å². The number of hydrogen-bond donors (Lipinski definition) is 1. The van der Waals surface area contributed by atoms with Gasteiger partial charge in [-0.25, -0.2) is 8.60 Å². The number of hydrogen-bond acceptors (Lipinski definition) is 2. The molecule has 2 aromatic carbocycles. The van der Waals surface area contributed by atoms with E-state index in [0.29, 0.717) is 5.56 Å². The van der Waals surface area contributed by atoms with Crippen molar-refractivity contribution in [1.82, 2.24) is 4.98 Å². The summed E-state index contributed by atoms with van der Waals surface area (Å²) in [5.41, 5.74) is 3.61. The van der Waals surface area contributed by atoms with E-state index in [1.165, 1.54) is 12.1 Å². The molecule has 6 heteroatoms. The normalized spacial score (nSPS) is 12.1. The van der Waals surface area contributed by atoms with Crippen LogP contribution in [0.1, 0.15) is 5.56 Å². The largest absolute Gasteiger partial charge is 0.306 e. The van der Waals surface area contributed by atoms with Gasteiger partial charge in [-0.2, -0.15) is 0 Å². The fourth-order valence-corrected chi connectivity index (χ4v) is 3.40. The second-order valence-electron chi connectivity index (χ2n) is 5.20. The molecule has 0 aliphatic carbocycles. The van der Waals surface area contributed by atoms with E-state index in [1.807, 2.05) is 30.3 Å². The molecular formula is C18H13BrFNO2S. The average Bonchev–Trinajstić information content (AvgIpc) is 2.56. The van der Waals surface area contributed by atoms with Crippen LogP contribution < -0.4 is 0 Å². The lowest BCUT2D eigenvalue weighted by molar-refractivity contribution is 0.559. The van der Waals surface area contributed by atoms with E-state index in [4.69, 9.17) is 4.55 Å². The zero-order valence-corrected chi connectivity index (χ0v) is 14.8. The van der Waals surface area contributed by atoms with Crippen molar-refractivity contribution in [1.29, 1.82) is 0 Å². The minimum atomic E-state index is -2.07. The smallest absolute Gasteiger partial charge is 0.157 e. The number of nitrogens with zero attached hydrogens (tertiary/aromatic N) is 1. The first-order valence-electron chi connectivity index (χ1n) is 7.11. The maximum atomic E-state index is 14.2. The molecule has 1 heterocycles. The minimum absolute atomic E-state index is 0.215. The number of pyridine rings is 1. The standard InChI is InChI=1S/C18H13BrFNO2S/c19-15-3-1-2-12(8-15)16-6-7-21-10-17(16)13-4-5-14(11-24(22)23)18(20)9-13/h1-10H,11H2,(H,22,23). The number of rotatable bonds is 4. The molecule has 0 bridgehead atoms. The van der Waals surface area contributed by atoms with Crippen molar-refractivity contribution in [2.75, 3.05) is 0 Å². The summed E-state index contributed by atoms with van der Waals surface area (Å²) in [6, 6.07) is 14.4. The van der Waals surface area contributed by atoms with Crippen molar-refractivity contribution in [3.63, 3.8) is 0 Å². The van der Waals surface area contributed by atoms with Crippen LogP contribution in [0.15, 0.2) is 65.4 Å². The molecule has 0 aliphatic rings. The van der Waals surface area contributed by atoms with Crippen LogP contribution in [0.25, 0.3) is 22.3 Å². The molecule has 0 radical (unpaired) electrons. The summed E-state index contributed by atoms with van der Waals surface area (Å²) in [6.45, 7) is 0. The Hall–Kier alpha value is -1.89. The molecule has 122 valence electrons. The van der Waals surface area contributed by atoms with E-state index in [-0.39, 0.29) is 11.3 Å². The van der Waals surface area contributed by atoms with Crippen molar-refractivity contribution in [2.45, 2.75) is 5.75 Å². The molecule has 0 amide bonds. The highest BCUT2D eigenvalue weighted by Crippen LogP contribution is 2.33. The highest BCUT2D eigenvalue weighted by atomic mass is 79.9. The number of aromatic nitrogens is 1. The molecular weight excluding hydrogens is 393 g/mol. The van der Waals surface area contributed by atoms with Gasteiger partial charge in [0.15, 0.2) is 11.1 Å². The van der Waals surface area contributed by atoms with E-state index in [1.54, 1.807) is 18.5 Å². The first kappa shape index (κ1) is 17.0. The Bertz CT molecular complexity index is 917. The molecule has 0 aliphatic heterocycles. The van der Waals surface area contributed by atoms with Crippen LogP contribution in [0.3, 0.4) is 0 Å². The quantitative estimate of drug-likeness (QED) is 0.618. The minimum Gasteiger partial charge on any atom is -0.306 e. The Balaban J connectivity index is 2.08. The molecule has 3 aromatic rings. The van der Waals surface area contributed by atoms with Gasteiger partial charge in [0, 0.05) is 28.0 Å². The van der Waals surface area contributed by atoms with Crippen LogP contribution in [-0.2, 0) is 16.8 Å². The fraction of sp³-hybridized carbons (Fsp3) is 0.0556. The summed E-state index contributed by atoms with van der Waals surface area (Å²) >= 11 is 1.38. The molecule has 0 fully saturated rings. The molecule has 1 unspecified atom stereocenters. The van der Waals surface area contributed by atoms with Crippen LogP contribution in [0.4, 0.5) is 4.39 Å². The third kappa shape index (κ3) is 3.77. The number of benzene rings is 2. The van der Waals surface area contributed by atoms with Crippen molar-refractivity contribution in [2.24, 2.45) is 0 Å². The Morgan fingerprint density at radius 3 is 2.58 bits per heavy atom. The predicted octanol–water partition coefficient (Wildman–Crippen LogP) is 5.04. The summed E-state index contributed by atoms with van der Waals surface area (Å²) in [5.74, 6) is -0.726. The van der Waals surface area contributed by atoms with Crippen molar-refractivity contribution in [3.8, 4) is 22.3 Å². The van der Waals surface area contributed by atoms with E-state index in [9.17, 15) is 8.60 Å². The molecule has 3 rings (SSSR count). The van der Waals surface area contributed by atoms with Crippen molar-refractivity contribution in [3.05, 3.63) is 76.8 Å². The molecule has 1 N–H and O–H groups in total. The van der Waals surface area contributed by atoms with Gasteiger partial charge in [0.2, 0.25) is 0 Å². The lowest BCUT2D eigenvalue weighted by atomic mass is 9.96. The van der Waals surface area contributed by atoms with Gasteiger partial charge in [-0.3, -0.25) is 4.98 Å². The van der Waals surface area contributed by atoms with Crippen LogP contribution >= 0.6 is 15.9 Å². The van der Waals surface area contributed by atoms with Crippen molar-refractivity contribution >= 4 is 27.0 Å². The molecule has 0 saturated carbocycles. The van der Waals surface area contributed by atoms with Crippen LogP contribution in [0.2, 0.25) is 0 Å². The summed E-state index contributed by atoms with van der Waals surface area (Å²) in [4.78, 5) is 4.15. The summed E-state index contributed by atoms with van der Waals surface area (Å²) in [7, 11) is 0. The van der Waals surface area contributed by atoms with Gasteiger partial charge in [0.1, 0.15) is 5.82 Å². The van der Waals surface area contributed by atoms with Gasteiger partial charge >= 0.3 is 0 Å². The monoisotopic (exact) mass is 405 g/mol. The molecule has 0 saturated heterocycles. The summed E-state index contributed by atoms with van der Waals surface area (Å²) in [6.07, 6.45) is 3.38. The van der Waals surface area contributed by atoms with Crippen LogP contribution in [0, 0.1) is 5.82 Å². The third-order valence-corrected chi connectivity index (χ3v) is 4.65. The number of halogens is 2. The Kier molecular flexibility index (Phi) is 5.18. The topological polar surface area (TPSA) is 50.2 Å². The van der Waals surface area contributed by atoms with Crippen LogP contribution in [-0.4, -0.2) is 13.7 Å². The van der Waals surface area contributed by atoms with E-state index < -0.39 is 16.9 Å². The van der Waals surface area contributed by atoms with Gasteiger partial charge < -0.3 is 4.55 Å². The maximum absolute atomic E-state index is 14.2. The molecule has 1 atom stereocenters. The van der Waals surface area contributed by atoms with Crippen LogP contribution in [0.5, 0.6) is 0 Å². The molecule has 3 nitrogen and oxygen atoms in total. The van der Waals surface area contributed by atoms with E-state index in [0.717, 1.165) is 21.2 Å². The highest BCUT2D eigenvalue weighted by molar-refractivity contribution is 9.10. The van der Waals surface area contributed by atoms with Crippen molar-refractivity contribution < 1.29 is 13.2 Å². The molecule has 1 aromatic heterocycles. The SMILES string of the molecule is O=S(O)Cc1ccc(-c2cnccc2-c2cccc(Br)c2)cc1F. The first-order chi connectivity index (χ1) is 11.5. The molecule has 24 heavy (non-hydrogen) atoms. The van der Waals surface area contributed by atoms with E-state index >= 15 is 0 Å². The van der Waals surface area contributed by atoms with Gasteiger partial charge in [-0.05, 0) is 41.0 Å². The Morgan fingerprint density at radius 2 is 1.88 bits per heavy atom.